The molecule has 0 aromatic heterocycles. The van der Waals surface area contributed by atoms with Crippen LogP contribution in [0.15, 0.2) is 5.11 Å². The quantitative estimate of drug-likeness (QED) is 0.475. The summed E-state index contributed by atoms with van der Waals surface area (Å²) in [7, 11) is 0. The molecule has 102 valence electrons. The minimum atomic E-state index is -0.606. The molecule has 0 bridgehead atoms. The average molecular weight is 256 g/mol. The van der Waals surface area contributed by atoms with Crippen LogP contribution in [0.5, 0.6) is 0 Å². The van der Waals surface area contributed by atoms with Crippen molar-refractivity contribution in [2.45, 2.75) is 51.3 Å². The first kappa shape index (κ1) is 14.6. The Labute approximate surface area is 106 Å². The minimum absolute atomic E-state index is 0.270. The van der Waals surface area contributed by atoms with E-state index in [1.165, 1.54) is 0 Å². The maximum Gasteiger partial charge on any atom is 0.410 e. The van der Waals surface area contributed by atoms with E-state index in [9.17, 15) is 9.90 Å². The molecule has 0 spiro atoms. The number of amides is 1. The molecule has 0 aliphatic carbocycles. The van der Waals surface area contributed by atoms with Gasteiger partial charge in [0.05, 0.1) is 12.6 Å². The van der Waals surface area contributed by atoms with Gasteiger partial charge in [0.2, 0.25) is 0 Å². The van der Waals surface area contributed by atoms with Gasteiger partial charge in [-0.05, 0) is 39.1 Å². The fraction of sp³-hybridized carbons (Fsp3) is 0.909. The van der Waals surface area contributed by atoms with Gasteiger partial charge in [0.25, 0.3) is 0 Å². The number of hydrogen-bond donors (Lipinski definition) is 1. The third-order valence-corrected chi connectivity index (χ3v) is 2.76. The van der Waals surface area contributed by atoms with Crippen molar-refractivity contribution >= 4 is 6.09 Å². The first-order chi connectivity index (χ1) is 8.39. The number of carbonyl (C=O) groups is 1. The Bertz CT molecular complexity index is 347. The van der Waals surface area contributed by atoms with Crippen molar-refractivity contribution in [2.24, 2.45) is 5.11 Å². The predicted molar refractivity (Wildman–Crippen MR) is 66.0 cm³/mol. The number of nitrogens with zero attached hydrogens (tertiary/aromatic N) is 4. The Balaban J connectivity index is 2.75. The Kier molecular flexibility index (Phi) is 4.81. The van der Waals surface area contributed by atoms with Crippen molar-refractivity contribution in [1.29, 1.82) is 0 Å². The lowest BCUT2D eigenvalue weighted by atomic mass is 10.1. The second-order valence-electron chi connectivity index (χ2n) is 5.34. The maximum absolute atomic E-state index is 12.0. The van der Waals surface area contributed by atoms with Gasteiger partial charge in [-0.2, -0.15) is 0 Å². The van der Waals surface area contributed by atoms with E-state index in [-0.39, 0.29) is 12.6 Å². The molecule has 2 unspecified atom stereocenters. The van der Waals surface area contributed by atoms with Crippen LogP contribution in [-0.2, 0) is 4.74 Å². The highest BCUT2D eigenvalue weighted by Gasteiger charge is 2.36. The van der Waals surface area contributed by atoms with Crippen molar-refractivity contribution in [3.05, 3.63) is 10.4 Å². The summed E-state index contributed by atoms with van der Waals surface area (Å²) in [5.74, 6) is 0. The van der Waals surface area contributed by atoms with Gasteiger partial charge < -0.3 is 14.7 Å². The van der Waals surface area contributed by atoms with E-state index in [0.29, 0.717) is 13.0 Å². The van der Waals surface area contributed by atoms with E-state index < -0.39 is 17.7 Å². The summed E-state index contributed by atoms with van der Waals surface area (Å²) in [6.45, 7) is 5.69. The van der Waals surface area contributed by atoms with Crippen LogP contribution >= 0.6 is 0 Å². The largest absolute Gasteiger partial charge is 0.444 e. The zero-order valence-electron chi connectivity index (χ0n) is 11.0. The highest BCUT2D eigenvalue weighted by Crippen LogP contribution is 2.24. The molecule has 1 N–H and O–H groups in total. The number of azide groups is 1. The van der Waals surface area contributed by atoms with Gasteiger partial charge in [0.15, 0.2) is 0 Å². The zero-order chi connectivity index (χ0) is 13.8. The van der Waals surface area contributed by atoms with E-state index in [1.54, 1.807) is 25.7 Å². The van der Waals surface area contributed by atoms with Crippen LogP contribution in [0, 0.1) is 0 Å². The molecule has 1 amide bonds. The summed E-state index contributed by atoms with van der Waals surface area (Å²) >= 11 is 0. The number of aliphatic hydroxyl groups is 1. The Hall–Kier alpha value is -1.46. The van der Waals surface area contributed by atoms with Crippen LogP contribution in [0.4, 0.5) is 4.79 Å². The van der Waals surface area contributed by atoms with Gasteiger partial charge in [-0.15, -0.1) is 0 Å². The summed E-state index contributed by atoms with van der Waals surface area (Å²) in [4.78, 5) is 16.2. The van der Waals surface area contributed by atoms with Crippen LogP contribution < -0.4 is 0 Å². The number of hydrogen-bond acceptors (Lipinski definition) is 4. The molecule has 0 saturated carbocycles. The number of rotatable bonds is 3. The lowest BCUT2D eigenvalue weighted by molar-refractivity contribution is 0.0190. The van der Waals surface area contributed by atoms with Crippen molar-refractivity contribution < 1.29 is 14.6 Å². The molecule has 1 fully saturated rings. The fourth-order valence-electron chi connectivity index (χ4n) is 2.04. The van der Waals surface area contributed by atoms with Gasteiger partial charge in [-0.3, -0.25) is 0 Å². The van der Waals surface area contributed by atoms with Gasteiger partial charge in [0.1, 0.15) is 5.60 Å². The monoisotopic (exact) mass is 256 g/mol. The first-order valence-electron chi connectivity index (χ1n) is 6.03. The number of carbonyl (C=O) groups excluding carboxylic acids is 1. The van der Waals surface area contributed by atoms with Gasteiger partial charge in [-0.1, -0.05) is 5.11 Å². The topological polar surface area (TPSA) is 98.5 Å². The molecule has 7 nitrogen and oxygen atoms in total. The molecule has 0 aromatic rings. The maximum atomic E-state index is 12.0. The van der Waals surface area contributed by atoms with E-state index in [1.807, 2.05) is 0 Å². The van der Waals surface area contributed by atoms with Crippen molar-refractivity contribution in [3.63, 3.8) is 0 Å². The molecular weight excluding hydrogens is 236 g/mol. The van der Waals surface area contributed by atoms with Gasteiger partial charge >= 0.3 is 6.09 Å². The van der Waals surface area contributed by atoms with E-state index in [0.717, 1.165) is 6.42 Å². The first-order valence-corrected chi connectivity index (χ1v) is 6.03. The van der Waals surface area contributed by atoms with Crippen molar-refractivity contribution in [2.75, 3.05) is 13.2 Å². The van der Waals surface area contributed by atoms with Crippen molar-refractivity contribution in [3.8, 4) is 0 Å². The SMILES string of the molecule is CC(C)(C)OC(=O)N1CCCC1C(CO)N=[N+]=[N-]. The summed E-state index contributed by atoms with van der Waals surface area (Å²) < 4.78 is 5.30. The summed E-state index contributed by atoms with van der Waals surface area (Å²) in [6, 6.07) is -0.884. The van der Waals surface area contributed by atoms with Crippen LogP contribution in [-0.4, -0.2) is 46.9 Å². The highest BCUT2D eigenvalue weighted by atomic mass is 16.6. The standard InChI is InChI=1S/C11H20N4O3/c1-11(2,3)18-10(17)15-6-4-5-9(15)8(7-16)13-14-12/h8-9,16H,4-7H2,1-3H3. The Morgan fingerprint density at radius 1 is 1.67 bits per heavy atom. The highest BCUT2D eigenvalue weighted by molar-refractivity contribution is 5.69. The molecule has 1 aliphatic heterocycles. The summed E-state index contributed by atoms with van der Waals surface area (Å²) in [6.07, 6.45) is 1.11. The third-order valence-electron chi connectivity index (χ3n) is 2.76. The molecule has 1 aliphatic rings. The van der Waals surface area contributed by atoms with Gasteiger partial charge in [-0.25, -0.2) is 4.79 Å². The second kappa shape index (κ2) is 5.93. The van der Waals surface area contributed by atoms with E-state index >= 15 is 0 Å². The molecule has 1 heterocycles. The number of likely N-dealkylation sites (tertiary alicyclic amines) is 1. The number of aliphatic hydroxyl groups excluding tert-OH is 1. The molecule has 2 atom stereocenters. The second-order valence-corrected chi connectivity index (χ2v) is 5.34. The normalized spacial score (nSPS) is 21.3. The van der Waals surface area contributed by atoms with Crippen LogP contribution in [0.2, 0.25) is 0 Å². The molecule has 18 heavy (non-hydrogen) atoms. The Morgan fingerprint density at radius 2 is 2.33 bits per heavy atom. The molecule has 0 radical (unpaired) electrons. The lowest BCUT2D eigenvalue weighted by Gasteiger charge is -2.30. The molecule has 7 heteroatoms. The predicted octanol–water partition coefficient (Wildman–Crippen LogP) is 2.06. The molecule has 1 rings (SSSR count). The van der Waals surface area contributed by atoms with E-state index in [4.69, 9.17) is 10.3 Å². The molecule has 0 aromatic carbocycles. The molecule has 1 saturated heterocycles. The summed E-state index contributed by atoms with van der Waals surface area (Å²) in [5.41, 5.74) is 7.89. The smallest absolute Gasteiger partial charge is 0.410 e. The summed E-state index contributed by atoms with van der Waals surface area (Å²) in [5, 5.41) is 12.7. The zero-order valence-corrected chi connectivity index (χ0v) is 11.0. The lowest BCUT2D eigenvalue weighted by Crippen LogP contribution is -2.45. The molecular formula is C11H20N4O3. The third kappa shape index (κ3) is 3.78. The van der Waals surface area contributed by atoms with E-state index in [2.05, 4.69) is 10.0 Å². The fourth-order valence-corrected chi connectivity index (χ4v) is 2.04. The minimum Gasteiger partial charge on any atom is -0.444 e. The Morgan fingerprint density at radius 3 is 2.83 bits per heavy atom. The average Bonchev–Trinajstić information content (AvgIpc) is 2.72. The number of ether oxygens (including phenoxy) is 1. The van der Waals surface area contributed by atoms with Crippen LogP contribution in [0.3, 0.4) is 0 Å². The van der Waals surface area contributed by atoms with Crippen LogP contribution in [0.25, 0.3) is 10.4 Å². The van der Waals surface area contributed by atoms with Gasteiger partial charge in [0, 0.05) is 17.5 Å². The van der Waals surface area contributed by atoms with Crippen molar-refractivity contribution in [1.82, 2.24) is 4.90 Å². The van der Waals surface area contributed by atoms with Crippen LogP contribution in [0.1, 0.15) is 33.6 Å².